The predicted molar refractivity (Wildman–Crippen MR) is 124 cm³/mol. The van der Waals surface area contributed by atoms with Gasteiger partial charge in [-0.3, -0.25) is 0 Å². The van der Waals surface area contributed by atoms with Crippen molar-refractivity contribution in [2.24, 2.45) is 0 Å². The Bertz CT molecular complexity index is 1550. The molecule has 0 saturated carbocycles. The van der Waals surface area contributed by atoms with Gasteiger partial charge in [-0.2, -0.15) is 0 Å². The van der Waals surface area contributed by atoms with Gasteiger partial charge in [-0.25, -0.2) is 0 Å². The van der Waals surface area contributed by atoms with Gasteiger partial charge in [0.2, 0.25) is 0 Å². The molecule has 4 heteroatoms. The molecule has 0 N–H and O–H groups in total. The van der Waals surface area contributed by atoms with Crippen LogP contribution in [0.4, 0.5) is 0 Å². The minimum atomic E-state index is -1.10. The van der Waals surface area contributed by atoms with Gasteiger partial charge in [0.25, 0.3) is 0 Å². The third kappa shape index (κ3) is 2.35. The lowest BCUT2D eigenvalue weighted by molar-refractivity contribution is 0.601. The van der Waals surface area contributed by atoms with Crippen LogP contribution in [0.5, 0.6) is 0 Å². The standard InChI is InChI=1S/C25H16ClNOS/c1-29(28)24-12-10-16(26)14-21(24)15-9-11-18-20-7-4-6-19-17-5-2-3-8-22(17)27(25(19)20)23(18)13-15/h2-14H,1H3. The van der Waals surface area contributed by atoms with Crippen LogP contribution in [0.2, 0.25) is 5.02 Å². The molecule has 140 valence electrons. The Morgan fingerprint density at radius 3 is 2.28 bits per heavy atom. The highest BCUT2D eigenvalue weighted by Gasteiger charge is 2.19. The van der Waals surface area contributed by atoms with Crippen molar-refractivity contribution in [3.8, 4) is 11.1 Å². The number of benzene rings is 4. The first-order valence-electron chi connectivity index (χ1n) is 9.44. The molecule has 6 rings (SSSR count). The summed E-state index contributed by atoms with van der Waals surface area (Å²) in [6, 6.07) is 27.1. The summed E-state index contributed by atoms with van der Waals surface area (Å²) in [6.07, 6.45) is 1.71. The molecule has 2 nitrogen and oxygen atoms in total. The molecular formula is C25H16ClNOS. The molecular weight excluding hydrogens is 398 g/mol. The zero-order valence-electron chi connectivity index (χ0n) is 15.6. The molecule has 4 aromatic carbocycles. The number of aromatic nitrogens is 1. The number of fused-ring (bicyclic) bond motifs is 6. The molecule has 1 atom stereocenters. The minimum absolute atomic E-state index is 0.645. The van der Waals surface area contributed by atoms with Crippen LogP contribution in [-0.4, -0.2) is 15.2 Å². The van der Waals surface area contributed by atoms with Gasteiger partial charge in [-0.1, -0.05) is 60.1 Å². The number of hydrogen-bond acceptors (Lipinski definition) is 1. The summed E-state index contributed by atoms with van der Waals surface area (Å²) in [5.74, 6) is 0. The molecule has 0 saturated heterocycles. The van der Waals surface area contributed by atoms with Crippen LogP contribution < -0.4 is 0 Å². The normalized spacial score (nSPS) is 13.2. The van der Waals surface area contributed by atoms with Crippen LogP contribution in [0.25, 0.3) is 49.2 Å². The summed E-state index contributed by atoms with van der Waals surface area (Å²) in [7, 11) is 0. The van der Waals surface area contributed by atoms with E-state index in [0.717, 1.165) is 21.5 Å². The zero-order valence-corrected chi connectivity index (χ0v) is 17.2. The van der Waals surface area contributed by atoms with E-state index in [1.807, 2.05) is 12.1 Å². The van der Waals surface area contributed by atoms with E-state index in [1.54, 1.807) is 12.3 Å². The monoisotopic (exact) mass is 413 g/mol. The Hall–Kier alpha value is -2.72. The molecule has 2 heterocycles. The predicted octanol–water partition coefficient (Wildman–Crippen LogP) is 6.89. The second kappa shape index (κ2) is 6.14. The maximum atomic E-state index is 12.3. The molecule has 0 amide bonds. The van der Waals surface area contributed by atoms with Crippen molar-refractivity contribution in [1.29, 1.82) is 0 Å². The Balaban J connectivity index is 1.77. The first-order valence-corrected chi connectivity index (χ1v) is 11.4. The lowest BCUT2D eigenvalue weighted by Crippen LogP contribution is -2.00. The highest BCUT2D eigenvalue weighted by Crippen LogP contribution is 2.40. The molecule has 0 aliphatic rings. The molecule has 0 fully saturated rings. The van der Waals surface area contributed by atoms with E-state index >= 15 is 0 Å². The van der Waals surface area contributed by atoms with E-state index in [2.05, 4.69) is 65.1 Å². The molecule has 29 heavy (non-hydrogen) atoms. The van der Waals surface area contributed by atoms with Crippen LogP contribution in [0.15, 0.2) is 83.8 Å². The summed E-state index contributed by atoms with van der Waals surface area (Å²) < 4.78 is 14.7. The zero-order chi connectivity index (χ0) is 19.7. The molecule has 0 bridgehead atoms. The van der Waals surface area contributed by atoms with E-state index in [4.69, 9.17) is 11.6 Å². The van der Waals surface area contributed by atoms with E-state index in [1.165, 1.54) is 32.6 Å². The van der Waals surface area contributed by atoms with Crippen molar-refractivity contribution in [3.63, 3.8) is 0 Å². The van der Waals surface area contributed by atoms with E-state index in [0.29, 0.717) is 5.02 Å². The largest absolute Gasteiger partial charge is 0.612 e. The van der Waals surface area contributed by atoms with Crippen molar-refractivity contribution >= 4 is 60.9 Å². The summed E-state index contributed by atoms with van der Waals surface area (Å²) in [5, 5.41) is 5.66. The minimum Gasteiger partial charge on any atom is -0.612 e. The number of rotatable bonds is 2. The topological polar surface area (TPSA) is 27.5 Å². The summed E-state index contributed by atoms with van der Waals surface area (Å²) in [4.78, 5) is 0.798. The average molecular weight is 414 g/mol. The van der Waals surface area contributed by atoms with Gasteiger partial charge >= 0.3 is 0 Å². The average Bonchev–Trinajstić information content (AvgIpc) is 3.25. The summed E-state index contributed by atoms with van der Waals surface area (Å²) in [5.41, 5.74) is 5.56. The number of halogens is 1. The van der Waals surface area contributed by atoms with Crippen molar-refractivity contribution in [1.82, 2.24) is 4.40 Å². The fraction of sp³-hybridized carbons (Fsp3) is 0.0400. The lowest BCUT2D eigenvalue weighted by atomic mass is 10.0. The van der Waals surface area contributed by atoms with Gasteiger partial charge in [0.05, 0.1) is 16.6 Å². The Morgan fingerprint density at radius 2 is 1.48 bits per heavy atom. The van der Waals surface area contributed by atoms with Crippen LogP contribution in [0.1, 0.15) is 0 Å². The van der Waals surface area contributed by atoms with Crippen molar-refractivity contribution in [2.75, 3.05) is 6.26 Å². The number of para-hydroxylation sites is 2. The second-order valence-electron chi connectivity index (χ2n) is 7.38. The maximum Gasteiger partial charge on any atom is 0.160 e. The SMILES string of the molecule is C[S+]([O-])c1ccc(Cl)cc1-c1ccc2c3cccc4c5ccccc5n(c2c1)c43. The third-order valence-corrected chi connectivity index (χ3v) is 7.00. The van der Waals surface area contributed by atoms with Crippen molar-refractivity contribution < 1.29 is 4.55 Å². The Labute approximate surface area is 175 Å². The van der Waals surface area contributed by atoms with Gasteiger partial charge in [-0.15, -0.1) is 0 Å². The Morgan fingerprint density at radius 1 is 0.759 bits per heavy atom. The quantitative estimate of drug-likeness (QED) is 0.284. The number of nitrogens with zero attached hydrogens (tertiary/aromatic N) is 1. The highest BCUT2D eigenvalue weighted by atomic mass is 35.5. The van der Waals surface area contributed by atoms with Crippen LogP contribution in [0.3, 0.4) is 0 Å². The molecule has 0 aliphatic heterocycles. The molecule has 6 aromatic rings. The number of hydrogen-bond donors (Lipinski definition) is 0. The fourth-order valence-electron chi connectivity index (χ4n) is 4.58. The van der Waals surface area contributed by atoms with E-state index in [-0.39, 0.29) is 0 Å². The maximum absolute atomic E-state index is 12.3. The van der Waals surface area contributed by atoms with Gasteiger partial charge in [-0.05, 0) is 47.1 Å². The van der Waals surface area contributed by atoms with E-state index in [9.17, 15) is 4.55 Å². The molecule has 0 spiro atoms. The van der Waals surface area contributed by atoms with Gasteiger partial charge < -0.3 is 8.95 Å². The molecule has 0 radical (unpaired) electrons. The molecule has 1 unspecified atom stereocenters. The summed E-state index contributed by atoms with van der Waals surface area (Å²) in [6.45, 7) is 0. The van der Waals surface area contributed by atoms with Gasteiger partial charge in [0.1, 0.15) is 6.26 Å². The van der Waals surface area contributed by atoms with Crippen molar-refractivity contribution in [2.45, 2.75) is 4.90 Å². The van der Waals surface area contributed by atoms with E-state index < -0.39 is 11.2 Å². The Kier molecular flexibility index (Phi) is 3.63. The van der Waals surface area contributed by atoms with Crippen molar-refractivity contribution in [3.05, 3.63) is 83.9 Å². The van der Waals surface area contributed by atoms with Crippen LogP contribution >= 0.6 is 11.6 Å². The second-order valence-corrected chi connectivity index (χ2v) is 9.17. The highest BCUT2D eigenvalue weighted by molar-refractivity contribution is 7.90. The first kappa shape index (κ1) is 17.2. The fourth-order valence-corrected chi connectivity index (χ4v) is 5.49. The molecule has 0 aliphatic carbocycles. The third-order valence-electron chi connectivity index (χ3n) is 5.79. The molecule has 2 aromatic heterocycles. The van der Waals surface area contributed by atoms with Gasteiger partial charge in [0.15, 0.2) is 4.90 Å². The van der Waals surface area contributed by atoms with Crippen LogP contribution in [-0.2, 0) is 11.2 Å². The van der Waals surface area contributed by atoms with Gasteiger partial charge in [0, 0.05) is 32.1 Å². The lowest BCUT2D eigenvalue weighted by Gasteiger charge is -2.11. The smallest absolute Gasteiger partial charge is 0.160 e. The summed E-state index contributed by atoms with van der Waals surface area (Å²) >= 11 is 5.19. The first-order chi connectivity index (χ1) is 14.1. The van der Waals surface area contributed by atoms with Crippen LogP contribution in [0, 0.1) is 0 Å².